The minimum absolute atomic E-state index is 0.0141. The molecule has 0 fully saturated rings. The third-order valence-electron chi connectivity index (χ3n) is 2.30. The van der Waals surface area contributed by atoms with E-state index in [4.69, 9.17) is 5.73 Å². The SMILES string of the molecule is Cn1nccc1S(=O)(=O)Nc1ccc(N)c(F)c1. The first kappa shape index (κ1) is 12.4. The van der Waals surface area contributed by atoms with Crippen LogP contribution in [0.25, 0.3) is 0 Å². The summed E-state index contributed by atoms with van der Waals surface area (Å²) in [7, 11) is -2.29. The Kier molecular flexibility index (Phi) is 2.95. The molecule has 0 atom stereocenters. The van der Waals surface area contributed by atoms with Crippen LogP contribution in [0.4, 0.5) is 15.8 Å². The fourth-order valence-electron chi connectivity index (χ4n) is 1.42. The van der Waals surface area contributed by atoms with E-state index in [1.54, 1.807) is 0 Å². The molecular weight excluding hydrogens is 259 g/mol. The number of nitrogens with two attached hydrogens (primary N) is 1. The van der Waals surface area contributed by atoms with E-state index in [0.717, 1.165) is 6.07 Å². The molecule has 2 rings (SSSR count). The Hall–Kier alpha value is -2.09. The minimum Gasteiger partial charge on any atom is -0.396 e. The number of sulfonamides is 1. The molecule has 3 N–H and O–H groups in total. The first-order valence-electron chi connectivity index (χ1n) is 4.96. The third kappa shape index (κ3) is 2.28. The average molecular weight is 270 g/mol. The average Bonchev–Trinajstić information content (AvgIpc) is 2.70. The van der Waals surface area contributed by atoms with E-state index in [0.29, 0.717) is 0 Å². The van der Waals surface area contributed by atoms with Crippen molar-refractivity contribution in [3.8, 4) is 0 Å². The Balaban J connectivity index is 2.34. The Labute approximate surface area is 103 Å². The lowest BCUT2D eigenvalue weighted by molar-refractivity contribution is 0.582. The van der Waals surface area contributed by atoms with Crippen molar-refractivity contribution in [3.63, 3.8) is 0 Å². The van der Waals surface area contributed by atoms with Gasteiger partial charge in [0, 0.05) is 13.1 Å². The maximum atomic E-state index is 13.2. The van der Waals surface area contributed by atoms with Crippen molar-refractivity contribution >= 4 is 21.4 Å². The van der Waals surface area contributed by atoms with Gasteiger partial charge in [-0.2, -0.15) is 13.5 Å². The molecule has 1 heterocycles. The molecule has 0 bridgehead atoms. The summed E-state index contributed by atoms with van der Waals surface area (Å²) >= 11 is 0. The summed E-state index contributed by atoms with van der Waals surface area (Å²) in [5.41, 5.74) is 5.36. The normalized spacial score (nSPS) is 11.4. The van der Waals surface area contributed by atoms with Gasteiger partial charge in [-0.1, -0.05) is 0 Å². The van der Waals surface area contributed by atoms with E-state index < -0.39 is 15.8 Å². The van der Waals surface area contributed by atoms with Crippen molar-refractivity contribution in [1.82, 2.24) is 9.78 Å². The van der Waals surface area contributed by atoms with Crippen LogP contribution in [0.15, 0.2) is 35.5 Å². The monoisotopic (exact) mass is 270 g/mol. The quantitative estimate of drug-likeness (QED) is 0.812. The van der Waals surface area contributed by atoms with Crippen LogP contribution in [0.2, 0.25) is 0 Å². The highest BCUT2D eigenvalue weighted by molar-refractivity contribution is 7.92. The molecule has 0 aliphatic rings. The molecule has 1 aromatic heterocycles. The van der Waals surface area contributed by atoms with Gasteiger partial charge in [0.2, 0.25) is 0 Å². The summed E-state index contributed by atoms with van der Waals surface area (Å²) in [4.78, 5) is 0. The Bertz CT molecular complexity index is 681. The fourth-order valence-corrected chi connectivity index (χ4v) is 2.60. The topological polar surface area (TPSA) is 90.0 Å². The van der Waals surface area contributed by atoms with Gasteiger partial charge in [-0.05, 0) is 18.2 Å². The molecule has 0 aliphatic heterocycles. The van der Waals surface area contributed by atoms with Gasteiger partial charge < -0.3 is 5.73 Å². The zero-order valence-electron chi connectivity index (χ0n) is 9.46. The van der Waals surface area contributed by atoms with Crippen LogP contribution in [-0.4, -0.2) is 18.2 Å². The lowest BCUT2D eigenvalue weighted by Crippen LogP contribution is -2.16. The summed E-state index contributed by atoms with van der Waals surface area (Å²) in [6.45, 7) is 0. The van der Waals surface area contributed by atoms with Crippen molar-refractivity contribution < 1.29 is 12.8 Å². The molecule has 0 amide bonds. The number of aromatic nitrogens is 2. The minimum atomic E-state index is -3.79. The molecule has 0 saturated heterocycles. The Morgan fingerprint density at radius 1 is 1.39 bits per heavy atom. The molecule has 0 saturated carbocycles. The van der Waals surface area contributed by atoms with Gasteiger partial charge in [-0.25, -0.2) is 4.39 Å². The number of aryl methyl sites for hydroxylation is 1. The smallest absolute Gasteiger partial charge is 0.279 e. The molecule has 0 aliphatic carbocycles. The number of benzene rings is 1. The van der Waals surface area contributed by atoms with Gasteiger partial charge in [-0.15, -0.1) is 0 Å². The predicted octanol–water partition coefficient (Wildman–Crippen LogP) is 0.942. The van der Waals surface area contributed by atoms with Crippen LogP contribution < -0.4 is 10.5 Å². The van der Waals surface area contributed by atoms with Crippen LogP contribution in [0.3, 0.4) is 0 Å². The molecular formula is C10H11FN4O2S. The summed E-state index contributed by atoms with van der Waals surface area (Å²) < 4.78 is 40.6. The van der Waals surface area contributed by atoms with Crippen LogP contribution in [0.1, 0.15) is 0 Å². The second-order valence-corrected chi connectivity index (χ2v) is 5.26. The van der Waals surface area contributed by atoms with E-state index in [-0.39, 0.29) is 16.4 Å². The van der Waals surface area contributed by atoms with E-state index in [2.05, 4.69) is 9.82 Å². The molecule has 6 nitrogen and oxygen atoms in total. The molecule has 0 unspecified atom stereocenters. The maximum absolute atomic E-state index is 13.2. The van der Waals surface area contributed by atoms with E-state index in [1.807, 2.05) is 0 Å². The zero-order chi connectivity index (χ0) is 13.3. The second kappa shape index (κ2) is 4.30. The molecule has 1 aromatic carbocycles. The number of hydrogen-bond donors (Lipinski definition) is 2. The number of nitrogen functional groups attached to an aromatic ring is 1. The molecule has 8 heteroatoms. The molecule has 96 valence electrons. The summed E-state index contributed by atoms with van der Waals surface area (Å²) in [5, 5.41) is 3.75. The maximum Gasteiger partial charge on any atom is 0.279 e. The molecule has 2 aromatic rings. The van der Waals surface area contributed by atoms with Gasteiger partial charge in [-0.3, -0.25) is 9.40 Å². The number of anilines is 2. The largest absolute Gasteiger partial charge is 0.396 e. The van der Waals surface area contributed by atoms with Crippen LogP contribution in [0, 0.1) is 5.82 Å². The van der Waals surface area contributed by atoms with E-state index in [9.17, 15) is 12.8 Å². The molecule has 18 heavy (non-hydrogen) atoms. The van der Waals surface area contributed by atoms with Gasteiger partial charge in [0.15, 0.2) is 5.03 Å². The third-order valence-corrected chi connectivity index (χ3v) is 3.76. The summed E-state index contributed by atoms with van der Waals surface area (Å²) in [5.74, 6) is -0.680. The predicted molar refractivity (Wildman–Crippen MR) is 64.8 cm³/mol. The molecule has 0 radical (unpaired) electrons. The van der Waals surface area contributed by atoms with Crippen molar-refractivity contribution in [3.05, 3.63) is 36.3 Å². The van der Waals surface area contributed by atoms with Gasteiger partial charge in [0.05, 0.1) is 17.6 Å². The van der Waals surface area contributed by atoms with Gasteiger partial charge in [0.1, 0.15) is 5.82 Å². The lowest BCUT2D eigenvalue weighted by atomic mass is 10.3. The standard InChI is InChI=1S/C10H11FN4O2S/c1-15-10(4-5-13-15)18(16,17)14-7-2-3-9(12)8(11)6-7/h2-6,14H,12H2,1H3. The number of hydrogen-bond acceptors (Lipinski definition) is 4. The second-order valence-electron chi connectivity index (χ2n) is 3.63. The van der Waals surface area contributed by atoms with Gasteiger partial charge >= 0.3 is 0 Å². The van der Waals surface area contributed by atoms with Crippen LogP contribution >= 0.6 is 0 Å². The lowest BCUT2D eigenvalue weighted by Gasteiger charge is -2.08. The number of rotatable bonds is 3. The van der Waals surface area contributed by atoms with Crippen molar-refractivity contribution in [2.24, 2.45) is 7.05 Å². The Morgan fingerprint density at radius 3 is 2.67 bits per heavy atom. The fraction of sp³-hybridized carbons (Fsp3) is 0.100. The zero-order valence-corrected chi connectivity index (χ0v) is 10.3. The van der Waals surface area contributed by atoms with Crippen molar-refractivity contribution in [2.45, 2.75) is 5.03 Å². The van der Waals surface area contributed by atoms with E-state index in [1.165, 1.54) is 36.1 Å². The van der Waals surface area contributed by atoms with E-state index >= 15 is 0 Å². The van der Waals surface area contributed by atoms with Crippen molar-refractivity contribution in [2.75, 3.05) is 10.5 Å². The summed E-state index contributed by atoms with van der Waals surface area (Å²) in [6.07, 6.45) is 1.36. The first-order chi connectivity index (χ1) is 8.40. The van der Waals surface area contributed by atoms with Crippen molar-refractivity contribution in [1.29, 1.82) is 0 Å². The van der Waals surface area contributed by atoms with Gasteiger partial charge in [0.25, 0.3) is 10.0 Å². The molecule has 0 spiro atoms. The summed E-state index contributed by atoms with van der Waals surface area (Å²) in [6, 6.07) is 5.03. The van der Waals surface area contributed by atoms with Crippen LogP contribution in [-0.2, 0) is 17.1 Å². The number of nitrogens with one attached hydrogen (secondary N) is 1. The van der Waals surface area contributed by atoms with Crippen LogP contribution in [0.5, 0.6) is 0 Å². The number of nitrogens with zero attached hydrogens (tertiary/aromatic N) is 2. The highest BCUT2D eigenvalue weighted by atomic mass is 32.2. The number of halogens is 1. The highest BCUT2D eigenvalue weighted by Crippen LogP contribution is 2.19. The Morgan fingerprint density at radius 2 is 2.11 bits per heavy atom. The highest BCUT2D eigenvalue weighted by Gasteiger charge is 2.18. The first-order valence-corrected chi connectivity index (χ1v) is 6.44.